The van der Waals surface area contributed by atoms with Crippen LogP contribution in [0.25, 0.3) is 10.8 Å². The first-order valence-electron chi connectivity index (χ1n) is 7.37. The number of carboxylic acid groups (broad SMARTS) is 1. The number of anilines is 1. The minimum Gasteiger partial charge on any atom is -0.508 e. The van der Waals surface area contributed by atoms with Crippen molar-refractivity contribution in [2.75, 3.05) is 5.48 Å². The predicted octanol–water partition coefficient (Wildman–Crippen LogP) is 4.53. The molecule has 7 heteroatoms. The lowest BCUT2D eigenvalue weighted by Crippen LogP contribution is -2.01. The number of phenolic OH excluding ortho intramolecular Hbond substituents is 1. The molecule has 25 heavy (non-hydrogen) atoms. The molecule has 128 valence electrons. The van der Waals surface area contributed by atoms with Gasteiger partial charge in [0.1, 0.15) is 5.75 Å². The van der Waals surface area contributed by atoms with Crippen LogP contribution in [-0.4, -0.2) is 16.2 Å². The number of hydrogen-bond donors (Lipinski definition) is 3. The molecule has 0 atom stereocenters. The fourth-order valence-electron chi connectivity index (χ4n) is 2.41. The van der Waals surface area contributed by atoms with Crippen LogP contribution in [0.3, 0.4) is 0 Å². The van der Waals surface area contributed by atoms with Crippen molar-refractivity contribution in [3.8, 4) is 5.75 Å². The fourth-order valence-corrected chi connectivity index (χ4v) is 3.04. The summed E-state index contributed by atoms with van der Waals surface area (Å²) in [7, 11) is 0. The molecule has 6 nitrogen and oxygen atoms in total. The minimum absolute atomic E-state index is 0.140. The molecule has 0 fully saturated rings. The Bertz CT molecular complexity index is 928. The Hall–Kier alpha value is -2.74. The summed E-state index contributed by atoms with van der Waals surface area (Å²) in [6.07, 6.45) is 0. The van der Waals surface area contributed by atoms with E-state index in [4.69, 9.17) is 14.4 Å². The van der Waals surface area contributed by atoms with Gasteiger partial charge in [-0.15, -0.1) is 9.32 Å². The van der Waals surface area contributed by atoms with Crippen LogP contribution in [0.2, 0.25) is 0 Å². The third-order valence-electron chi connectivity index (χ3n) is 3.67. The number of fused-ring (bicyclic) bond motifs is 1. The second-order valence-corrected chi connectivity index (χ2v) is 6.03. The number of aromatic carboxylic acids is 1. The van der Waals surface area contributed by atoms with Gasteiger partial charge in [0, 0.05) is 10.3 Å². The molecule has 3 rings (SSSR count). The van der Waals surface area contributed by atoms with E-state index in [9.17, 15) is 9.90 Å². The number of aromatic hydroxyl groups is 1. The van der Waals surface area contributed by atoms with E-state index < -0.39 is 5.97 Å². The molecule has 3 N–H and O–H groups in total. The third-order valence-corrected chi connectivity index (χ3v) is 4.32. The highest BCUT2D eigenvalue weighted by molar-refractivity contribution is 7.94. The van der Waals surface area contributed by atoms with Crippen molar-refractivity contribution in [3.63, 3.8) is 0 Å². The van der Waals surface area contributed by atoms with E-state index >= 15 is 0 Å². The van der Waals surface area contributed by atoms with Gasteiger partial charge in [0.15, 0.2) is 0 Å². The Morgan fingerprint density at radius 1 is 1.12 bits per heavy atom. The predicted molar refractivity (Wildman–Crippen MR) is 95.4 cm³/mol. The van der Waals surface area contributed by atoms with Crippen molar-refractivity contribution in [1.82, 2.24) is 0 Å². The highest BCUT2D eigenvalue weighted by Gasteiger charge is 2.09. The highest BCUT2D eigenvalue weighted by Crippen LogP contribution is 2.34. The Kier molecular flexibility index (Phi) is 5.08. The molecule has 0 aliphatic rings. The normalized spacial score (nSPS) is 10.8. The van der Waals surface area contributed by atoms with Gasteiger partial charge in [-0.1, -0.05) is 24.3 Å². The molecule has 3 aromatic rings. The lowest BCUT2D eigenvalue weighted by atomic mass is 10.0. The molecule has 0 radical (unpaired) electrons. The standard InChI is InChI=1S/C18H15NO5S/c1-11-15(20)9-8-12-4-3-7-16(17(11)12)25-24-23-19-14-6-2-5-13(10-14)18(21)22/h2-10,19-20H,1H3,(H,21,22). The van der Waals surface area contributed by atoms with Crippen molar-refractivity contribution in [1.29, 1.82) is 0 Å². The lowest BCUT2D eigenvalue weighted by molar-refractivity contribution is -0.161. The van der Waals surface area contributed by atoms with Crippen molar-refractivity contribution >= 4 is 34.5 Å². The number of carbonyl (C=O) groups is 1. The lowest BCUT2D eigenvalue weighted by Gasteiger charge is -2.10. The summed E-state index contributed by atoms with van der Waals surface area (Å²) < 4.78 is 5.10. The summed E-state index contributed by atoms with van der Waals surface area (Å²) in [5, 5.41) is 20.7. The number of hydrogen-bond acceptors (Lipinski definition) is 6. The van der Waals surface area contributed by atoms with Gasteiger partial charge in [-0.2, -0.15) is 0 Å². The molecule has 0 saturated heterocycles. The van der Waals surface area contributed by atoms with Gasteiger partial charge >= 0.3 is 5.97 Å². The van der Waals surface area contributed by atoms with E-state index in [1.807, 2.05) is 31.2 Å². The van der Waals surface area contributed by atoms with Crippen molar-refractivity contribution in [2.45, 2.75) is 11.8 Å². The van der Waals surface area contributed by atoms with Gasteiger partial charge in [0.05, 0.1) is 23.3 Å². The number of rotatable bonds is 6. The van der Waals surface area contributed by atoms with Gasteiger partial charge in [-0.25, -0.2) is 10.3 Å². The van der Waals surface area contributed by atoms with Crippen LogP contribution in [-0.2, 0) is 9.32 Å². The molecule has 0 unspecified atom stereocenters. The van der Waals surface area contributed by atoms with Crippen LogP contribution in [0.15, 0.2) is 59.5 Å². The van der Waals surface area contributed by atoms with Crippen LogP contribution < -0.4 is 5.48 Å². The molecule has 0 aromatic heterocycles. The van der Waals surface area contributed by atoms with E-state index in [2.05, 4.69) is 5.48 Å². The van der Waals surface area contributed by atoms with E-state index in [0.717, 1.165) is 33.3 Å². The molecule has 3 aromatic carbocycles. The van der Waals surface area contributed by atoms with Crippen LogP contribution in [0, 0.1) is 6.92 Å². The molecule has 0 aliphatic carbocycles. The van der Waals surface area contributed by atoms with Crippen molar-refractivity contribution in [2.24, 2.45) is 0 Å². The summed E-state index contributed by atoms with van der Waals surface area (Å²) in [4.78, 5) is 16.6. The Morgan fingerprint density at radius 2 is 1.92 bits per heavy atom. The SMILES string of the molecule is Cc1c(O)ccc2cccc(SOONc3cccc(C(=O)O)c3)c12. The second-order valence-electron chi connectivity index (χ2n) is 5.29. The molecule has 0 aliphatic heterocycles. The maximum atomic E-state index is 10.9. The average Bonchev–Trinajstić information content (AvgIpc) is 2.62. The first kappa shape index (κ1) is 17.1. The summed E-state index contributed by atoms with van der Waals surface area (Å²) in [6.45, 7) is 1.83. The van der Waals surface area contributed by atoms with Gasteiger partial charge in [-0.05, 0) is 48.2 Å². The summed E-state index contributed by atoms with van der Waals surface area (Å²) in [5.41, 5.74) is 3.88. The largest absolute Gasteiger partial charge is 0.508 e. The van der Waals surface area contributed by atoms with Gasteiger partial charge < -0.3 is 10.2 Å². The van der Waals surface area contributed by atoms with Crippen LogP contribution in [0.1, 0.15) is 15.9 Å². The van der Waals surface area contributed by atoms with E-state index in [1.54, 1.807) is 18.2 Å². The van der Waals surface area contributed by atoms with Crippen molar-refractivity contribution < 1.29 is 24.3 Å². The Labute approximate surface area is 148 Å². The zero-order valence-electron chi connectivity index (χ0n) is 13.2. The van der Waals surface area contributed by atoms with Gasteiger partial charge in [0.2, 0.25) is 0 Å². The number of carboxylic acids is 1. The smallest absolute Gasteiger partial charge is 0.335 e. The number of benzene rings is 3. The summed E-state index contributed by atoms with van der Waals surface area (Å²) >= 11 is 0.990. The molecular formula is C18H15NO5S. The first-order valence-corrected chi connectivity index (χ1v) is 8.11. The number of phenols is 1. The molecule has 0 heterocycles. The Morgan fingerprint density at radius 3 is 2.72 bits per heavy atom. The van der Waals surface area contributed by atoms with Crippen LogP contribution in [0.5, 0.6) is 5.75 Å². The Balaban J connectivity index is 1.67. The fraction of sp³-hybridized carbons (Fsp3) is 0.0556. The topological polar surface area (TPSA) is 88.0 Å². The van der Waals surface area contributed by atoms with E-state index in [-0.39, 0.29) is 11.3 Å². The molecule has 0 saturated carbocycles. The minimum atomic E-state index is -1.02. The van der Waals surface area contributed by atoms with E-state index in [0.29, 0.717) is 5.69 Å². The maximum absolute atomic E-state index is 10.9. The zero-order chi connectivity index (χ0) is 17.8. The van der Waals surface area contributed by atoms with Gasteiger partial charge in [-0.3, -0.25) is 0 Å². The third kappa shape index (κ3) is 3.85. The molecule has 0 bridgehead atoms. The molecule has 0 spiro atoms. The zero-order valence-corrected chi connectivity index (χ0v) is 14.0. The average molecular weight is 357 g/mol. The second kappa shape index (κ2) is 7.43. The maximum Gasteiger partial charge on any atom is 0.335 e. The quantitative estimate of drug-likeness (QED) is 0.258. The number of aryl methyl sites for hydroxylation is 1. The number of nitrogens with one attached hydrogen (secondary N) is 1. The van der Waals surface area contributed by atoms with Crippen molar-refractivity contribution in [3.05, 3.63) is 65.7 Å². The summed E-state index contributed by atoms with van der Waals surface area (Å²) in [6, 6.07) is 15.3. The van der Waals surface area contributed by atoms with Crippen LogP contribution in [0.4, 0.5) is 5.69 Å². The first-order chi connectivity index (χ1) is 12.1. The van der Waals surface area contributed by atoms with Gasteiger partial charge in [0.25, 0.3) is 0 Å². The summed E-state index contributed by atoms with van der Waals surface area (Å²) in [5.74, 6) is -0.810. The van der Waals surface area contributed by atoms with E-state index in [1.165, 1.54) is 12.1 Å². The highest BCUT2D eigenvalue weighted by atomic mass is 32.2. The monoisotopic (exact) mass is 357 g/mol. The molecule has 0 amide bonds. The van der Waals surface area contributed by atoms with Crippen LogP contribution >= 0.6 is 12.0 Å². The molecular weight excluding hydrogens is 342 g/mol.